The van der Waals surface area contributed by atoms with Crippen molar-refractivity contribution in [3.05, 3.63) is 18.1 Å². The number of rotatable bonds is 1. The third-order valence-electron chi connectivity index (χ3n) is 1.93. The summed E-state index contributed by atoms with van der Waals surface area (Å²) >= 11 is 0. The predicted octanol–water partition coefficient (Wildman–Crippen LogP) is 2.24. The van der Waals surface area contributed by atoms with Crippen molar-refractivity contribution in [1.29, 1.82) is 0 Å². The molecule has 17 heavy (non-hydrogen) atoms. The van der Waals surface area contributed by atoms with Crippen molar-refractivity contribution >= 4 is 17.5 Å². The molecular weight excluding hydrogens is 214 g/mol. The Hall–Kier alpha value is -1.78. The molecule has 5 heteroatoms. The maximum Gasteiger partial charge on any atom is 0.157 e. The molecule has 0 aliphatic carbocycles. The Balaban J connectivity index is 3.19. The maximum absolute atomic E-state index is 5.61. The van der Waals surface area contributed by atoms with Crippen LogP contribution in [0.25, 0.3) is 0 Å². The number of nitrogens with zero attached hydrogens (tertiary/aromatic N) is 4. The van der Waals surface area contributed by atoms with Gasteiger partial charge in [0.25, 0.3) is 0 Å². The number of aromatic nitrogens is 2. The molecule has 0 spiro atoms. The number of amidine groups is 2. The largest absolute Gasteiger partial charge is 0.387 e. The van der Waals surface area contributed by atoms with E-state index in [0.717, 1.165) is 0 Å². The molecule has 0 bridgehead atoms. The monoisotopic (exact) mass is 233 g/mol. The second kappa shape index (κ2) is 5.03. The third kappa shape index (κ3) is 4.30. The fourth-order valence-electron chi connectivity index (χ4n) is 1.14. The van der Waals surface area contributed by atoms with E-state index in [0.29, 0.717) is 23.3 Å². The van der Waals surface area contributed by atoms with Gasteiger partial charge in [-0.25, -0.2) is 20.0 Å². The van der Waals surface area contributed by atoms with Crippen LogP contribution in [0.2, 0.25) is 0 Å². The first-order chi connectivity index (χ1) is 7.79. The number of aryl methyl sites for hydroxylation is 1. The quantitative estimate of drug-likeness (QED) is 0.597. The summed E-state index contributed by atoms with van der Waals surface area (Å²) in [5, 5.41) is 0. The zero-order valence-corrected chi connectivity index (χ0v) is 11.0. The maximum atomic E-state index is 5.61. The topological polar surface area (TPSA) is 76.5 Å². The van der Waals surface area contributed by atoms with Crippen LogP contribution in [0.5, 0.6) is 0 Å². The third-order valence-corrected chi connectivity index (χ3v) is 1.93. The molecule has 0 aromatic carbocycles. The van der Waals surface area contributed by atoms with E-state index in [1.54, 1.807) is 19.2 Å². The molecule has 5 nitrogen and oxygen atoms in total. The first-order valence-corrected chi connectivity index (χ1v) is 5.48. The Morgan fingerprint density at radius 3 is 2.47 bits per heavy atom. The predicted molar refractivity (Wildman–Crippen MR) is 70.6 cm³/mol. The van der Waals surface area contributed by atoms with Gasteiger partial charge < -0.3 is 5.73 Å². The summed E-state index contributed by atoms with van der Waals surface area (Å²) in [4.78, 5) is 16.9. The molecule has 0 amide bonds. The van der Waals surface area contributed by atoms with Gasteiger partial charge in [0, 0.05) is 17.7 Å². The van der Waals surface area contributed by atoms with Gasteiger partial charge in [-0.3, -0.25) is 0 Å². The highest BCUT2D eigenvalue weighted by Crippen LogP contribution is 2.20. The van der Waals surface area contributed by atoms with Crippen LogP contribution in [-0.2, 0) is 0 Å². The summed E-state index contributed by atoms with van der Waals surface area (Å²) in [6, 6.07) is 1.75. The van der Waals surface area contributed by atoms with Gasteiger partial charge in [0.15, 0.2) is 5.82 Å². The zero-order chi connectivity index (χ0) is 13.1. The van der Waals surface area contributed by atoms with Crippen LogP contribution in [0.4, 0.5) is 5.82 Å². The Labute approximate surface area is 102 Å². The summed E-state index contributed by atoms with van der Waals surface area (Å²) in [7, 11) is 0. The first-order valence-electron chi connectivity index (χ1n) is 5.48. The van der Waals surface area contributed by atoms with Gasteiger partial charge in [-0.1, -0.05) is 20.8 Å². The van der Waals surface area contributed by atoms with Crippen molar-refractivity contribution in [3.63, 3.8) is 0 Å². The van der Waals surface area contributed by atoms with Crippen molar-refractivity contribution in [1.82, 2.24) is 9.97 Å². The van der Waals surface area contributed by atoms with Gasteiger partial charge in [-0.15, -0.1) is 0 Å². The molecule has 1 aromatic rings. The highest BCUT2D eigenvalue weighted by Gasteiger charge is 2.19. The zero-order valence-electron chi connectivity index (χ0n) is 11.0. The highest BCUT2D eigenvalue weighted by atomic mass is 15.0. The SMILES string of the molecule is CC(N)=NC(=Nc1ccnc(C)n1)C(C)(C)C. The minimum absolute atomic E-state index is 0.181. The lowest BCUT2D eigenvalue weighted by Crippen LogP contribution is -2.21. The average Bonchev–Trinajstić information content (AvgIpc) is 2.14. The van der Waals surface area contributed by atoms with Crippen LogP contribution in [0.1, 0.15) is 33.5 Å². The summed E-state index contributed by atoms with van der Waals surface area (Å²) in [5.74, 6) is 2.44. The number of nitrogens with two attached hydrogens (primary N) is 1. The molecule has 1 rings (SSSR count). The van der Waals surface area contributed by atoms with Crippen molar-refractivity contribution in [2.75, 3.05) is 0 Å². The molecule has 0 aliphatic heterocycles. The second-order valence-electron chi connectivity index (χ2n) is 4.90. The summed E-state index contributed by atoms with van der Waals surface area (Å²) in [6.45, 7) is 9.67. The minimum atomic E-state index is -0.181. The van der Waals surface area contributed by atoms with Crippen molar-refractivity contribution in [2.24, 2.45) is 21.1 Å². The Bertz CT molecular complexity index is 450. The lowest BCUT2D eigenvalue weighted by atomic mass is 9.95. The smallest absolute Gasteiger partial charge is 0.157 e. The van der Waals surface area contributed by atoms with Gasteiger partial charge >= 0.3 is 0 Å². The normalized spacial score (nSPS) is 13.9. The van der Waals surface area contributed by atoms with Gasteiger partial charge in [0.05, 0.1) is 5.84 Å². The van der Waals surface area contributed by atoms with E-state index in [2.05, 4.69) is 20.0 Å². The van der Waals surface area contributed by atoms with Crippen molar-refractivity contribution in [2.45, 2.75) is 34.6 Å². The Kier molecular flexibility index (Phi) is 3.93. The number of hydrogen-bond donors (Lipinski definition) is 1. The van der Waals surface area contributed by atoms with Crippen LogP contribution in [0, 0.1) is 12.3 Å². The molecule has 0 atom stereocenters. The van der Waals surface area contributed by atoms with E-state index < -0.39 is 0 Å². The van der Waals surface area contributed by atoms with Crippen LogP contribution < -0.4 is 5.73 Å². The van der Waals surface area contributed by atoms with Crippen LogP contribution >= 0.6 is 0 Å². The van der Waals surface area contributed by atoms with Crippen LogP contribution in [-0.4, -0.2) is 21.6 Å². The first kappa shape index (κ1) is 13.3. The summed E-state index contributed by atoms with van der Waals surface area (Å²) in [6.07, 6.45) is 1.68. The fourth-order valence-corrected chi connectivity index (χ4v) is 1.14. The molecule has 0 saturated carbocycles. The lowest BCUT2D eigenvalue weighted by Gasteiger charge is -2.17. The van der Waals surface area contributed by atoms with Gasteiger partial charge in [-0.2, -0.15) is 0 Å². The molecular formula is C12H19N5. The van der Waals surface area contributed by atoms with Gasteiger partial charge in [-0.05, 0) is 13.8 Å². The molecule has 0 radical (unpaired) electrons. The Morgan fingerprint density at radius 1 is 1.35 bits per heavy atom. The summed E-state index contributed by atoms with van der Waals surface area (Å²) in [5.41, 5.74) is 5.43. The molecule has 1 aromatic heterocycles. The van der Waals surface area contributed by atoms with E-state index in [4.69, 9.17) is 5.73 Å². The fraction of sp³-hybridized carbons (Fsp3) is 0.500. The molecule has 0 fully saturated rings. The van der Waals surface area contributed by atoms with E-state index in [-0.39, 0.29) is 5.41 Å². The van der Waals surface area contributed by atoms with Gasteiger partial charge in [0.1, 0.15) is 11.7 Å². The van der Waals surface area contributed by atoms with Crippen molar-refractivity contribution < 1.29 is 0 Å². The average molecular weight is 233 g/mol. The van der Waals surface area contributed by atoms with E-state index in [9.17, 15) is 0 Å². The second-order valence-corrected chi connectivity index (χ2v) is 4.90. The highest BCUT2D eigenvalue weighted by molar-refractivity contribution is 5.98. The van der Waals surface area contributed by atoms with Crippen LogP contribution in [0.15, 0.2) is 22.2 Å². The summed E-state index contributed by atoms with van der Waals surface area (Å²) < 4.78 is 0. The number of aliphatic imine (C=N–C) groups is 2. The van der Waals surface area contributed by atoms with E-state index in [1.807, 2.05) is 27.7 Å². The van der Waals surface area contributed by atoms with E-state index in [1.165, 1.54) is 0 Å². The molecule has 92 valence electrons. The van der Waals surface area contributed by atoms with Crippen molar-refractivity contribution in [3.8, 4) is 0 Å². The standard InChI is InChI=1S/C12H19N5/c1-8(13)15-11(12(3,4)5)17-10-6-7-14-9(2)16-10/h6-7H,1-5H3,(H2,13,14,15,16,17). The minimum Gasteiger partial charge on any atom is -0.387 e. The van der Waals surface area contributed by atoms with Crippen LogP contribution in [0.3, 0.4) is 0 Å². The lowest BCUT2D eigenvalue weighted by molar-refractivity contribution is 0.585. The molecule has 1 heterocycles. The van der Waals surface area contributed by atoms with E-state index >= 15 is 0 Å². The number of hydrogen-bond acceptors (Lipinski definition) is 3. The Morgan fingerprint density at radius 2 is 2.00 bits per heavy atom. The van der Waals surface area contributed by atoms with Gasteiger partial charge in [0.2, 0.25) is 0 Å². The molecule has 2 N–H and O–H groups in total. The molecule has 0 unspecified atom stereocenters. The molecule has 0 aliphatic rings. The molecule has 0 saturated heterocycles.